The number of carbonyl (C=O) groups is 2. The van der Waals surface area contributed by atoms with Gasteiger partial charge in [0.2, 0.25) is 5.91 Å². The van der Waals surface area contributed by atoms with Crippen molar-refractivity contribution in [2.24, 2.45) is 0 Å². The Hall–Kier alpha value is -1.84. The van der Waals surface area contributed by atoms with Crippen molar-refractivity contribution in [1.29, 1.82) is 0 Å². The van der Waals surface area contributed by atoms with E-state index in [9.17, 15) is 9.59 Å². The number of carbonyl (C=O) groups excluding carboxylic acids is 1. The van der Waals surface area contributed by atoms with E-state index in [0.717, 1.165) is 11.1 Å². The second kappa shape index (κ2) is 5.30. The molecule has 1 aromatic rings. The van der Waals surface area contributed by atoms with Gasteiger partial charge in [-0.15, -0.1) is 0 Å². The van der Waals surface area contributed by atoms with Gasteiger partial charge in [-0.1, -0.05) is 29.8 Å². The number of carboxylic acids is 1. The summed E-state index contributed by atoms with van der Waals surface area (Å²) >= 11 is 0. The molecule has 4 nitrogen and oxygen atoms in total. The second-order valence-corrected chi connectivity index (χ2v) is 3.81. The van der Waals surface area contributed by atoms with Gasteiger partial charge in [0.05, 0.1) is 6.42 Å². The summed E-state index contributed by atoms with van der Waals surface area (Å²) in [6.07, 6.45) is 0.240. The Balaban J connectivity index is 2.57. The van der Waals surface area contributed by atoms with Gasteiger partial charge in [0.25, 0.3) is 0 Å². The average molecular weight is 221 g/mol. The van der Waals surface area contributed by atoms with Gasteiger partial charge in [-0.2, -0.15) is 0 Å². The molecule has 0 bridgehead atoms. The minimum atomic E-state index is -1.00. The SMILES string of the molecule is Cc1ccc(CC(=O)N(C)CC(=O)O)cc1. The average Bonchev–Trinajstić information content (AvgIpc) is 2.20. The molecule has 0 atom stereocenters. The lowest BCUT2D eigenvalue weighted by atomic mass is 10.1. The topological polar surface area (TPSA) is 57.6 Å². The third kappa shape index (κ3) is 3.73. The third-order valence-electron chi connectivity index (χ3n) is 2.27. The van der Waals surface area contributed by atoms with Crippen LogP contribution in [0.1, 0.15) is 11.1 Å². The summed E-state index contributed by atoms with van der Waals surface area (Å²) in [5.74, 6) is -1.19. The lowest BCUT2D eigenvalue weighted by Gasteiger charge is -2.14. The Morgan fingerprint density at radius 2 is 1.81 bits per heavy atom. The van der Waals surface area contributed by atoms with Crippen molar-refractivity contribution in [3.05, 3.63) is 35.4 Å². The number of aryl methyl sites for hydroxylation is 1. The molecule has 0 heterocycles. The van der Waals surface area contributed by atoms with Crippen LogP contribution in [0.3, 0.4) is 0 Å². The summed E-state index contributed by atoms with van der Waals surface area (Å²) in [5, 5.41) is 8.54. The van der Waals surface area contributed by atoms with E-state index < -0.39 is 5.97 Å². The molecule has 16 heavy (non-hydrogen) atoms. The monoisotopic (exact) mass is 221 g/mol. The van der Waals surface area contributed by atoms with E-state index in [2.05, 4.69) is 0 Å². The van der Waals surface area contributed by atoms with E-state index in [0.29, 0.717) is 0 Å². The normalized spacial score (nSPS) is 9.88. The van der Waals surface area contributed by atoms with Gasteiger partial charge in [0, 0.05) is 7.05 Å². The molecule has 0 saturated carbocycles. The molecule has 86 valence electrons. The van der Waals surface area contributed by atoms with Gasteiger partial charge in [-0.05, 0) is 12.5 Å². The summed E-state index contributed by atoms with van der Waals surface area (Å²) in [6, 6.07) is 7.61. The van der Waals surface area contributed by atoms with Crippen molar-refractivity contribution in [3.8, 4) is 0 Å². The zero-order valence-corrected chi connectivity index (χ0v) is 9.43. The first kappa shape index (κ1) is 12.2. The van der Waals surface area contributed by atoms with Crippen LogP contribution in [0.15, 0.2) is 24.3 Å². The van der Waals surface area contributed by atoms with Crippen molar-refractivity contribution in [2.75, 3.05) is 13.6 Å². The lowest BCUT2D eigenvalue weighted by Crippen LogP contribution is -2.33. The molecule has 1 N–H and O–H groups in total. The highest BCUT2D eigenvalue weighted by atomic mass is 16.4. The number of likely N-dealkylation sites (N-methyl/N-ethyl adjacent to an activating group) is 1. The first-order chi connectivity index (χ1) is 7.49. The van der Waals surface area contributed by atoms with Crippen LogP contribution in [-0.2, 0) is 16.0 Å². The lowest BCUT2D eigenvalue weighted by molar-refractivity contribution is -0.143. The predicted octanol–water partition coefficient (Wildman–Crippen LogP) is 1.08. The first-order valence-corrected chi connectivity index (χ1v) is 5.00. The minimum absolute atomic E-state index is 0.189. The molecule has 1 amide bonds. The van der Waals surface area contributed by atoms with E-state index in [1.165, 1.54) is 11.9 Å². The Bertz CT molecular complexity index is 384. The quantitative estimate of drug-likeness (QED) is 0.827. The zero-order valence-electron chi connectivity index (χ0n) is 9.43. The predicted molar refractivity (Wildman–Crippen MR) is 60.2 cm³/mol. The Morgan fingerprint density at radius 1 is 1.25 bits per heavy atom. The van der Waals surface area contributed by atoms with Crippen LogP contribution < -0.4 is 0 Å². The summed E-state index contributed by atoms with van der Waals surface area (Å²) in [4.78, 5) is 23.2. The molecule has 4 heteroatoms. The molecular weight excluding hydrogens is 206 g/mol. The minimum Gasteiger partial charge on any atom is -0.480 e. The molecule has 0 aliphatic heterocycles. The standard InChI is InChI=1S/C12H15NO3/c1-9-3-5-10(6-4-9)7-11(14)13(2)8-12(15)16/h3-6H,7-8H2,1-2H3,(H,15,16). The van der Waals surface area contributed by atoms with Crippen molar-refractivity contribution in [2.45, 2.75) is 13.3 Å². The molecule has 0 aliphatic carbocycles. The van der Waals surface area contributed by atoms with Gasteiger partial charge in [-0.25, -0.2) is 0 Å². The molecule has 0 saturated heterocycles. The van der Waals surface area contributed by atoms with Crippen molar-refractivity contribution in [1.82, 2.24) is 4.90 Å². The molecule has 0 radical (unpaired) electrons. The van der Waals surface area contributed by atoms with E-state index in [-0.39, 0.29) is 18.9 Å². The maximum atomic E-state index is 11.6. The zero-order chi connectivity index (χ0) is 12.1. The van der Waals surface area contributed by atoms with E-state index in [4.69, 9.17) is 5.11 Å². The van der Waals surface area contributed by atoms with Gasteiger partial charge < -0.3 is 10.0 Å². The molecule has 0 aromatic heterocycles. The second-order valence-electron chi connectivity index (χ2n) is 3.81. The number of amides is 1. The highest BCUT2D eigenvalue weighted by molar-refractivity contribution is 5.82. The fraction of sp³-hybridized carbons (Fsp3) is 0.333. The van der Waals surface area contributed by atoms with Crippen LogP contribution >= 0.6 is 0 Å². The molecular formula is C12H15NO3. The Morgan fingerprint density at radius 3 is 2.31 bits per heavy atom. The molecule has 0 fully saturated rings. The van der Waals surface area contributed by atoms with Gasteiger partial charge in [0.1, 0.15) is 6.54 Å². The van der Waals surface area contributed by atoms with Crippen molar-refractivity contribution < 1.29 is 14.7 Å². The van der Waals surface area contributed by atoms with Crippen molar-refractivity contribution >= 4 is 11.9 Å². The number of hydrogen-bond donors (Lipinski definition) is 1. The number of benzene rings is 1. The molecule has 1 aromatic carbocycles. The Labute approximate surface area is 94.5 Å². The number of hydrogen-bond acceptors (Lipinski definition) is 2. The highest BCUT2D eigenvalue weighted by Crippen LogP contribution is 2.05. The maximum absolute atomic E-state index is 11.6. The van der Waals surface area contributed by atoms with Crippen LogP contribution in [-0.4, -0.2) is 35.5 Å². The number of nitrogens with zero attached hydrogens (tertiary/aromatic N) is 1. The van der Waals surface area contributed by atoms with Crippen LogP contribution in [0.5, 0.6) is 0 Å². The highest BCUT2D eigenvalue weighted by Gasteiger charge is 2.12. The molecule has 0 aliphatic rings. The molecule has 0 spiro atoms. The molecule has 0 unspecified atom stereocenters. The van der Waals surface area contributed by atoms with E-state index in [1.807, 2.05) is 31.2 Å². The first-order valence-electron chi connectivity index (χ1n) is 5.00. The number of rotatable bonds is 4. The van der Waals surface area contributed by atoms with Crippen molar-refractivity contribution in [3.63, 3.8) is 0 Å². The Kier molecular flexibility index (Phi) is 4.05. The third-order valence-corrected chi connectivity index (χ3v) is 2.27. The van der Waals surface area contributed by atoms with Crippen LogP contribution in [0.2, 0.25) is 0 Å². The van der Waals surface area contributed by atoms with E-state index >= 15 is 0 Å². The van der Waals surface area contributed by atoms with E-state index in [1.54, 1.807) is 0 Å². The van der Waals surface area contributed by atoms with Crippen LogP contribution in [0.25, 0.3) is 0 Å². The number of aliphatic carboxylic acids is 1. The summed E-state index contributed by atoms with van der Waals surface area (Å²) in [7, 11) is 1.49. The van der Waals surface area contributed by atoms with Gasteiger partial charge in [-0.3, -0.25) is 9.59 Å². The van der Waals surface area contributed by atoms with Gasteiger partial charge in [0.15, 0.2) is 0 Å². The molecule has 1 rings (SSSR count). The fourth-order valence-corrected chi connectivity index (χ4v) is 1.31. The summed E-state index contributed by atoms with van der Waals surface area (Å²) in [6.45, 7) is 1.72. The van der Waals surface area contributed by atoms with Crippen LogP contribution in [0, 0.1) is 6.92 Å². The smallest absolute Gasteiger partial charge is 0.323 e. The summed E-state index contributed by atoms with van der Waals surface area (Å²) < 4.78 is 0. The van der Waals surface area contributed by atoms with Crippen LogP contribution in [0.4, 0.5) is 0 Å². The fourth-order valence-electron chi connectivity index (χ4n) is 1.31. The number of carboxylic acid groups (broad SMARTS) is 1. The summed E-state index contributed by atoms with van der Waals surface area (Å²) in [5.41, 5.74) is 2.03. The van der Waals surface area contributed by atoms with Gasteiger partial charge >= 0.3 is 5.97 Å². The largest absolute Gasteiger partial charge is 0.480 e. The maximum Gasteiger partial charge on any atom is 0.323 e.